The maximum Gasteiger partial charge on any atom is 0.257 e. The summed E-state index contributed by atoms with van der Waals surface area (Å²) >= 11 is 0. The third-order valence-corrected chi connectivity index (χ3v) is 6.29. The Morgan fingerprint density at radius 2 is 1.71 bits per heavy atom. The summed E-state index contributed by atoms with van der Waals surface area (Å²) in [5.74, 6) is -0.192. The van der Waals surface area contributed by atoms with E-state index in [0.717, 1.165) is 17.0 Å². The number of nitrogens with one attached hydrogen (secondary N) is 1. The Labute approximate surface area is 221 Å². The molecule has 1 N–H and O–H groups in total. The zero-order valence-corrected chi connectivity index (χ0v) is 21.9. The Morgan fingerprint density at radius 3 is 2.32 bits per heavy atom. The molecule has 196 valence electrons. The molecule has 0 bridgehead atoms. The first-order valence-corrected chi connectivity index (χ1v) is 12.5. The SMILES string of the molecule is CCN(CC(=O)Nc1nc(-c2ccc(OC)cc2)cn1-c1ccc(C(C)C)cc1)C(=O)c1ccccc1F. The second-order valence-electron chi connectivity index (χ2n) is 9.14. The number of halogens is 1. The molecule has 0 radical (unpaired) electrons. The average Bonchev–Trinajstić information content (AvgIpc) is 3.35. The summed E-state index contributed by atoms with van der Waals surface area (Å²) in [6.45, 7) is 5.98. The van der Waals surface area contributed by atoms with Crippen molar-refractivity contribution in [2.24, 2.45) is 0 Å². The van der Waals surface area contributed by atoms with E-state index in [9.17, 15) is 14.0 Å². The summed E-state index contributed by atoms with van der Waals surface area (Å²) < 4.78 is 21.2. The zero-order valence-electron chi connectivity index (χ0n) is 21.9. The van der Waals surface area contributed by atoms with Crippen molar-refractivity contribution in [1.82, 2.24) is 14.5 Å². The number of hydrogen-bond acceptors (Lipinski definition) is 4. The third kappa shape index (κ3) is 5.91. The molecule has 0 atom stereocenters. The van der Waals surface area contributed by atoms with Gasteiger partial charge in [0, 0.05) is 24.0 Å². The molecule has 8 heteroatoms. The smallest absolute Gasteiger partial charge is 0.257 e. The van der Waals surface area contributed by atoms with Gasteiger partial charge in [-0.25, -0.2) is 9.37 Å². The lowest BCUT2D eigenvalue weighted by molar-refractivity contribution is -0.116. The fraction of sp³-hybridized carbons (Fsp3) is 0.233. The number of rotatable bonds is 9. The van der Waals surface area contributed by atoms with Crippen LogP contribution >= 0.6 is 0 Å². The Morgan fingerprint density at radius 1 is 1.03 bits per heavy atom. The number of carbonyl (C=O) groups is 2. The molecule has 0 spiro atoms. The third-order valence-electron chi connectivity index (χ3n) is 6.29. The highest BCUT2D eigenvalue weighted by Gasteiger charge is 2.22. The Hall–Kier alpha value is -4.46. The van der Waals surface area contributed by atoms with Gasteiger partial charge in [0.1, 0.15) is 18.1 Å². The standard InChI is InChI=1S/C30H31FN4O3/c1-5-34(29(37)25-8-6-7-9-26(25)31)19-28(36)33-30-32-27(22-12-16-24(38-4)17-13-22)18-35(30)23-14-10-21(11-15-23)20(2)3/h6-18,20H,5,19H2,1-4H3,(H,32,33,36). The van der Waals surface area contributed by atoms with Gasteiger partial charge < -0.3 is 9.64 Å². The largest absolute Gasteiger partial charge is 0.497 e. The van der Waals surface area contributed by atoms with Crippen LogP contribution in [0, 0.1) is 5.82 Å². The summed E-state index contributed by atoms with van der Waals surface area (Å²) in [6.07, 6.45) is 1.85. The molecule has 4 aromatic rings. The van der Waals surface area contributed by atoms with Crippen molar-refractivity contribution in [2.75, 3.05) is 25.5 Å². The second-order valence-corrected chi connectivity index (χ2v) is 9.14. The lowest BCUT2D eigenvalue weighted by atomic mass is 10.0. The number of amides is 2. The van der Waals surface area contributed by atoms with Gasteiger partial charge in [0.05, 0.1) is 18.4 Å². The van der Waals surface area contributed by atoms with Crippen LogP contribution in [-0.2, 0) is 4.79 Å². The molecule has 0 aliphatic carbocycles. The van der Waals surface area contributed by atoms with Crippen molar-refractivity contribution < 1.29 is 18.7 Å². The minimum atomic E-state index is -0.624. The molecule has 7 nitrogen and oxygen atoms in total. The number of methoxy groups -OCH3 is 1. The van der Waals surface area contributed by atoms with E-state index in [1.807, 2.05) is 54.7 Å². The first kappa shape index (κ1) is 26.6. The summed E-state index contributed by atoms with van der Waals surface area (Å²) in [5.41, 5.74) is 3.46. The molecule has 0 aliphatic heterocycles. The normalized spacial score (nSPS) is 10.9. The van der Waals surface area contributed by atoms with Gasteiger partial charge in [-0.1, -0.05) is 38.1 Å². The van der Waals surface area contributed by atoms with Crippen LogP contribution in [0.25, 0.3) is 16.9 Å². The number of likely N-dealkylation sites (N-methyl/N-ethyl adjacent to an activating group) is 1. The van der Waals surface area contributed by atoms with Gasteiger partial charge in [0.25, 0.3) is 5.91 Å². The number of imidazole rings is 1. The predicted molar refractivity (Wildman–Crippen MR) is 146 cm³/mol. The summed E-state index contributed by atoms with van der Waals surface area (Å²) in [7, 11) is 1.61. The predicted octanol–water partition coefficient (Wildman–Crippen LogP) is 5.91. The maximum atomic E-state index is 14.2. The number of benzene rings is 3. The summed E-state index contributed by atoms with van der Waals surface area (Å²) in [4.78, 5) is 31.9. The van der Waals surface area contributed by atoms with Gasteiger partial charge in [0.15, 0.2) is 0 Å². The first-order valence-electron chi connectivity index (χ1n) is 12.5. The fourth-order valence-corrected chi connectivity index (χ4v) is 4.06. The summed E-state index contributed by atoms with van der Waals surface area (Å²) in [6, 6.07) is 21.3. The topological polar surface area (TPSA) is 76.5 Å². The number of anilines is 1. The minimum absolute atomic E-state index is 0.0734. The highest BCUT2D eigenvalue weighted by Crippen LogP contribution is 2.27. The Kier molecular flexibility index (Phi) is 8.21. The molecule has 38 heavy (non-hydrogen) atoms. The van der Waals surface area contributed by atoms with E-state index in [0.29, 0.717) is 17.6 Å². The number of carbonyl (C=O) groups excluding carboxylic acids is 2. The van der Waals surface area contributed by atoms with Gasteiger partial charge in [-0.3, -0.25) is 19.5 Å². The first-order chi connectivity index (χ1) is 18.3. The van der Waals surface area contributed by atoms with E-state index >= 15 is 0 Å². The van der Waals surface area contributed by atoms with Crippen LogP contribution in [0.15, 0.2) is 79.0 Å². The molecule has 3 aromatic carbocycles. The minimum Gasteiger partial charge on any atom is -0.497 e. The molecule has 2 amide bonds. The average molecular weight is 515 g/mol. The fourth-order valence-electron chi connectivity index (χ4n) is 4.06. The van der Waals surface area contributed by atoms with Crippen LogP contribution in [0.5, 0.6) is 5.75 Å². The van der Waals surface area contributed by atoms with Gasteiger partial charge >= 0.3 is 0 Å². The van der Waals surface area contributed by atoms with Crippen LogP contribution in [0.2, 0.25) is 0 Å². The van der Waals surface area contributed by atoms with Crippen molar-refractivity contribution in [2.45, 2.75) is 26.7 Å². The quantitative estimate of drug-likeness (QED) is 0.301. The van der Waals surface area contributed by atoms with E-state index in [1.165, 1.54) is 28.7 Å². The molecular weight excluding hydrogens is 483 g/mol. The molecule has 0 saturated carbocycles. The van der Waals surface area contributed by atoms with Crippen LogP contribution in [0.3, 0.4) is 0 Å². The highest BCUT2D eigenvalue weighted by atomic mass is 19.1. The van der Waals surface area contributed by atoms with Crippen molar-refractivity contribution >= 4 is 17.8 Å². The molecule has 0 fully saturated rings. The molecule has 4 rings (SSSR count). The number of aromatic nitrogens is 2. The van der Waals surface area contributed by atoms with Crippen molar-refractivity contribution in [3.63, 3.8) is 0 Å². The maximum absolute atomic E-state index is 14.2. The lowest BCUT2D eigenvalue weighted by Gasteiger charge is -2.20. The van der Waals surface area contributed by atoms with Crippen LogP contribution < -0.4 is 10.1 Å². The van der Waals surface area contributed by atoms with Crippen LogP contribution in [-0.4, -0.2) is 46.5 Å². The van der Waals surface area contributed by atoms with E-state index in [4.69, 9.17) is 4.74 Å². The van der Waals surface area contributed by atoms with Gasteiger partial charge in [-0.05, 0) is 66.9 Å². The van der Waals surface area contributed by atoms with Gasteiger partial charge in [-0.15, -0.1) is 0 Å². The van der Waals surface area contributed by atoms with Crippen molar-refractivity contribution in [3.8, 4) is 22.7 Å². The Bertz CT molecular complexity index is 1410. The highest BCUT2D eigenvalue weighted by molar-refractivity contribution is 5.99. The molecule has 0 unspecified atom stereocenters. The molecule has 0 saturated heterocycles. The number of hydrogen-bond donors (Lipinski definition) is 1. The van der Waals surface area contributed by atoms with E-state index in [2.05, 4.69) is 24.1 Å². The molecular formula is C30H31FN4O3. The molecule has 0 aliphatic rings. The molecule has 1 aromatic heterocycles. The number of nitrogens with zero attached hydrogens (tertiary/aromatic N) is 3. The van der Waals surface area contributed by atoms with Gasteiger partial charge in [0.2, 0.25) is 11.9 Å². The zero-order chi connectivity index (χ0) is 27.2. The second kappa shape index (κ2) is 11.7. The Balaban J connectivity index is 1.62. The van der Waals surface area contributed by atoms with Crippen molar-refractivity contribution in [3.05, 3.63) is 95.9 Å². The van der Waals surface area contributed by atoms with Crippen LogP contribution in [0.4, 0.5) is 10.3 Å². The van der Waals surface area contributed by atoms with E-state index in [1.54, 1.807) is 24.7 Å². The van der Waals surface area contributed by atoms with Gasteiger partial charge in [-0.2, -0.15) is 0 Å². The van der Waals surface area contributed by atoms with Crippen molar-refractivity contribution in [1.29, 1.82) is 0 Å². The van der Waals surface area contributed by atoms with E-state index < -0.39 is 17.6 Å². The number of ether oxygens (including phenoxy) is 1. The monoisotopic (exact) mass is 514 g/mol. The van der Waals surface area contributed by atoms with E-state index in [-0.39, 0.29) is 18.7 Å². The summed E-state index contributed by atoms with van der Waals surface area (Å²) in [5, 5.41) is 2.85. The lowest BCUT2D eigenvalue weighted by Crippen LogP contribution is -2.38. The van der Waals surface area contributed by atoms with Crippen LogP contribution in [0.1, 0.15) is 42.6 Å². The molecule has 1 heterocycles.